The van der Waals surface area contributed by atoms with E-state index in [9.17, 15) is 15.3 Å². The van der Waals surface area contributed by atoms with E-state index in [0.29, 0.717) is 28.8 Å². The number of hydrogen-bond donors (Lipinski definition) is 4. The van der Waals surface area contributed by atoms with Crippen molar-refractivity contribution in [1.29, 1.82) is 0 Å². The van der Waals surface area contributed by atoms with Crippen LogP contribution in [0.3, 0.4) is 0 Å². The summed E-state index contributed by atoms with van der Waals surface area (Å²) in [5.74, 6) is 1.43. The lowest BCUT2D eigenvalue weighted by Crippen LogP contribution is -2.33. The van der Waals surface area contributed by atoms with Crippen molar-refractivity contribution in [2.75, 3.05) is 19.0 Å². The van der Waals surface area contributed by atoms with E-state index in [1.54, 1.807) is 7.05 Å². The summed E-state index contributed by atoms with van der Waals surface area (Å²) < 4.78 is 8.70. The molecule has 1 saturated heterocycles. The minimum absolute atomic E-state index is 0.301. The topological polar surface area (TPSA) is 156 Å². The molecule has 12 heteroatoms. The first-order valence-electron chi connectivity index (χ1n) is 10.6. The van der Waals surface area contributed by atoms with Gasteiger partial charge in [0.25, 0.3) is 5.95 Å². The second-order valence-electron chi connectivity index (χ2n) is 8.18. The Morgan fingerprint density at radius 3 is 2.71 bits per heavy atom. The number of ether oxygens (including phenoxy) is 1. The van der Waals surface area contributed by atoms with Crippen molar-refractivity contribution in [3.63, 3.8) is 0 Å². The molecule has 1 aliphatic heterocycles. The number of fused-ring (bicyclic) bond motifs is 1. The van der Waals surface area contributed by atoms with Crippen molar-refractivity contribution in [2.45, 2.75) is 56.6 Å². The van der Waals surface area contributed by atoms with Crippen LogP contribution in [-0.4, -0.2) is 81.8 Å². The van der Waals surface area contributed by atoms with Gasteiger partial charge >= 0.3 is 0 Å². The van der Waals surface area contributed by atoms with Gasteiger partial charge in [-0.3, -0.25) is 4.57 Å². The Labute approximate surface area is 177 Å². The zero-order valence-corrected chi connectivity index (χ0v) is 17.2. The van der Waals surface area contributed by atoms with Gasteiger partial charge in [-0.1, -0.05) is 30.9 Å². The molecule has 166 valence electrons. The van der Waals surface area contributed by atoms with Crippen molar-refractivity contribution in [3.8, 4) is 5.95 Å². The fourth-order valence-electron chi connectivity index (χ4n) is 4.48. The zero-order valence-electron chi connectivity index (χ0n) is 17.2. The third kappa shape index (κ3) is 3.55. The van der Waals surface area contributed by atoms with E-state index in [1.807, 2.05) is 6.20 Å². The van der Waals surface area contributed by atoms with E-state index in [0.717, 1.165) is 12.1 Å². The van der Waals surface area contributed by atoms with Gasteiger partial charge in [0.05, 0.1) is 24.8 Å². The smallest absolute Gasteiger partial charge is 0.256 e. The van der Waals surface area contributed by atoms with Crippen LogP contribution >= 0.6 is 0 Å². The van der Waals surface area contributed by atoms with Gasteiger partial charge < -0.3 is 25.4 Å². The summed E-state index contributed by atoms with van der Waals surface area (Å²) in [6.07, 6.45) is 4.90. The van der Waals surface area contributed by atoms with E-state index in [1.165, 1.54) is 41.3 Å². The minimum atomic E-state index is -1.24. The summed E-state index contributed by atoms with van der Waals surface area (Å²) in [6, 6.07) is 0. The molecule has 5 rings (SSSR count). The highest BCUT2D eigenvalue weighted by atomic mass is 16.6. The second kappa shape index (κ2) is 8.11. The summed E-state index contributed by atoms with van der Waals surface area (Å²) in [6.45, 7) is -0.411. The van der Waals surface area contributed by atoms with Crippen LogP contribution in [0.2, 0.25) is 0 Å². The van der Waals surface area contributed by atoms with Crippen LogP contribution in [0.4, 0.5) is 5.82 Å². The number of aliphatic hydroxyl groups is 3. The summed E-state index contributed by atoms with van der Waals surface area (Å²) in [5, 5.41) is 41.4. The van der Waals surface area contributed by atoms with Crippen molar-refractivity contribution in [2.24, 2.45) is 5.92 Å². The van der Waals surface area contributed by atoms with Crippen LogP contribution in [0.5, 0.6) is 0 Å². The van der Waals surface area contributed by atoms with Crippen LogP contribution in [0.1, 0.15) is 37.6 Å². The highest BCUT2D eigenvalue weighted by Crippen LogP contribution is 2.32. The maximum absolute atomic E-state index is 10.4. The Kier molecular flexibility index (Phi) is 5.30. The SMILES string of the molecule is CNc1nc(-n2cc(CC3CCCC3)nn2)nc2c1ncn2[C@@H]1O[C@H](CO)[C@@H](O)[C@H]1O. The minimum Gasteiger partial charge on any atom is -0.394 e. The number of aromatic nitrogens is 7. The maximum atomic E-state index is 10.4. The molecule has 4 heterocycles. The first-order valence-corrected chi connectivity index (χ1v) is 10.6. The number of rotatable bonds is 6. The molecule has 0 bridgehead atoms. The Bertz CT molecular complexity index is 1060. The lowest BCUT2D eigenvalue weighted by Gasteiger charge is -2.16. The fraction of sp³-hybridized carbons (Fsp3) is 0.632. The molecular formula is C19H26N8O4. The highest BCUT2D eigenvalue weighted by Gasteiger charge is 2.44. The number of nitrogens with one attached hydrogen (secondary N) is 1. The third-order valence-corrected chi connectivity index (χ3v) is 6.16. The number of nitrogens with zero attached hydrogens (tertiary/aromatic N) is 7. The molecule has 1 aliphatic carbocycles. The predicted molar refractivity (Wildman–Crippen MR) is 108 cm³/mol. The summed E-state index contributed by atoms with van der Waals surface area (Å²) in [7, 11) is 1.73. The average molecular weight is 430 g/mol. The van der Waals surface area contributed by atoms with E-state index in [-0.39, 0.29) is 0 Å². The van der Waals surface area contributed by atoms with Crippen LogP contribution in [0.25, 0.3) is 17.1 Å². The molecule has 2 aliphatic rings. The van der Waals surface area contributed by atoms with E-state index < -0.39 is 31.1 Å². The number of anilines is 1. The summed E-state index contributed by atoms with van der Waals surface area (Å²) in [5.41, 5.74) is 1.78. The van der Waals surface area contributed by atoms with Crippen molar-refractivity contribution in [3.05, 3.63) is 18.2 Å². The number of aliphatic hydroxyl groups excluding tert-OH is 3. The van der Waals surface area contributed by atoms with Crippen LogP contribution in [0.15, 0.2) is 12.5 Å². The molecule has 0 aromatic carbocycles. The van der Waals surface area contributed by atoms with Gasteiger partial charge in [-0.2, -0.15) is 14.6 Å². The predicted octanol–water partition coefficient (Wildman–Crippen LogP) is -0.207. The number of imidazole rings is 1. The molecule has 0 amide bonds. The van der Waals surface area contributed by atoms with Crippen molar-refractivity contribution >= 4 is 17.0 Å². The van der Waals surface area contributed by atoms with E-state index in [2.05, 4.69) is 30.6 Å². The van der Waals surface area contributed by atoms with Crippen LogP contribution in [-0.2, 0) is 11.2 Å². The normalized spacial score (nSPS) is 26.8. The maximum Gasteiger partial charge on any atom is 0.256 e. The molecule has 2 fully saturated rings. The lowest BCUT2D eigenvalue weighted by molar-refractivity contribution is -0.0511. The molecule has 31 heavy (non-hydrogen) atoms. The fourth-order valence-corrected chi connectivity index (χ4v) is 4.48. The molecule has 12 nitrogen and oxygen atoms in total. The summed E-state index contributed by atoms with van der Waals surface area (Å²) >= 11 is 0. The van der Waals surface area contributed by atoms with Crippen LogP contribution in [0, 0.1) is 5.92 Å². The Morgan fingerprint density at radius 1 is 1.19 bits per heavy atom. The van der Waals surface area contributed by atoms with Crippen molar-refractivity contribution < 1.29 is 20.1 Å². The largest absolute Gasteiger partial charge is 0.394 e. The first-order chi connectivity index (χ1) is 15.1. The Balaban J connectivity index is 1.50. The molecule has 0 radical (unpaired) electrons. The Hall–Kier alpha value is -2.67. The van der Waals surface area contributed by atoms with Gasteiger partial charge in [0, 0.05) is 7.05 Å². The van der Waals surface area contributed by atoms with E-state index in [4.69, 9.17) is 4.74 Å². The molecule has 0 spiro atoms. The molecule has 4 N–H and O–H groups in total. The molecule has 3 aromatic rings. The third-order valence-electron chi connectivity index (χ3n) is 6.16. The second-order valence-corrected chi connectivity index (χ2v) is 8.18. The van der Waals surface area contributed by atoms with Gasteiger partial charge in [-0.25, -0.2) is 4.98 Å². The summed E-state index contributed by atoms with van der Waals surface area (Å²) in [4.78, 5) is 13.4. The quantitative estimate of drug-likeness (QED) is 0.413. The zero-order chi connectivity index (χ0) is 21.5. The number of hydrogen-bond acceptors (Lipinski definition) is 10. The van der Waals surface area contributed by atoms with Gasteiger partial charge in [-0.05, 0) is 12.3 Å². The highest BCUT2D eigenvalue weighted by molar-refractivity contribution is 5.83. The molecule has 3 aromatic heterocycles. The van der Waals surface area contributed by atoms with Gasteiger partial charge in [0.1, 0.15) is 18.3 Å². The molecule has 4 atom stereocenters. The van der Waals surface area contributed by atoms with E-state index >= 15 is 0 Å². The molecule has 1 saturated carbocycles. The van der Waals surface area contributed by atoms with Gasteiger partial charge in [0.2, 0.25) is 0 Å². The standard InChI is InChI=1S/C19H26N8O4/c1-20-16-13-17(26(9-21-13)18-15(30)14(29)12(8-28)31-18)23-19(22-16)27-7-11(24-25-27)6-10-4-2-3-5-10/h7,9-10,12,14-15,18,28-30H,2-6,8H2,1H3,(H,20,22,23)/t12-,14-,15-,18-/m1/s1. The Morgan fingerprint density at radius 2 is 2.00 bits per heavy atom. The van der Waals surface area contributed by atoms with Gasteiger partial charge in [0.15, 0.2) is 23.2 Å². The lowest BCUT2D eigenvalue weighted by atomic mass is 10.0. The average Bonchev–Trinajstić information content (AvgIpc) is 3.57. The first kappa shape index (κ1) is 20.2. The monoisotopic (exact) mass is 430 g/mol. The van der Waals surface area contributed by atoms with Crippen molar-refractivity contribution in [1.82, 2.24) is 34.5 Å². The van der Waals surface area contributed by atoms with Gasteiger partial charge in [-0.15, -0.1) is 5.10 Å². The van der Waals surface area contributed by atoms with Crippen LogP contribution < -0.4 is 5.32 Å². The molecular weight excluding hydrogens is 404 g/mol. The molecule has 0 unspecified atom stereocenters.